The SMILES string of the molecule is Cc1nsc(NC(=O)C2(C(C)C)CCNC2)c1C(=O)O. The summed E-state index contributed by atoms with van der Waals surface area (Å²) in [5.74, 6) is -1.00. The van der Waals surface area contributed by atoms with Gasteiger partial charge >= 0.3 is 5.97 Å². The quantitative estimate of drug-likeness (QED) is 0.787. The first-order valence-corrected chi connectivity index (χ1v) is 7.37. The first-order chi connectivity index (χ1) is 9.38. The molecule has 0 aromatic carbocycles. The molecule has 1 amide bonds. The van der Waals surface area contributed by atoms with Gasteiger partial charge in [-0.1, -0.05) is 13.8 Å². The lowest BCUT2D eigenvalue weighted by atomic mass is 9.75. The number of hydrogen-bond acceptors (Lipinski definition) is 5. The number of carbonyl (C=O) groups excluding carboxylic acids is 1. The molecule has 1 aliphatic rings. The largest absolute Gasteiger partial charge is 0.478 e. The van der Waals surface area contributed by atoms with E-state index in [1.54, 1.807) is 6.92 Å². The van der Waals surface area contributed by atoms with Crippen molar-refractivity contribution in [1.82, 2.24) is 9.69 Å². The van der Waals surface area contributed by atoms with Crippen molar-refractivity contribution < 1.29 is 14.7 Å². The first-order valence-electron chi connectivity index (χ1n) is 6.60. The zero-order valence-electron chi connectivity index (χ0n) is 11.8. The van der Waals surface area contributed by atoms with E-state index in [0.29, 0.717) is 17.2 Å². The van der Waals surface area contributed by atoms with Gasteiger partial charge in [0, 0.05) is 6.54 Å². The number of rotatable bonds is 4. The van der Waals surface area contributed by atoms with Crippen molar-refractivity contribution in [2.24, 2.45) is 11.3 Å². The van der Waals surface area contributed by atoms with Gasteiger partial charge in [0.15, 0.2) is 0 Å². The fourth-order valence-corrected chi connectivity index (χ4v) is 3.38. The number of nitrogens with zero attached hydrogens (tertiary/aromatic N) is 1. The van der Waals surface area contributed by atoms with Crippen LogP contribution in [0.3, 0.4) is 0 Å². The summed E-state index contributed by atoms with van der Waals surface area (Å²) in [5.41, 5.74) is 0.0439. The first kappa shape index (κ1) is 14.9. The molecule has 1 saturated heterocycles. The third kappa shape index (κ3) is 2.43. The van der Waals surface area contributed by atoms with Gasteiger partial charge in [0.25, 0.3) is 0 Å². The second-order valence-corrected chi connectivity index (χ2v) is 6.24. The minimum Gasteiger partial charge on any atom is -0.478 e. The number of aromatic carboxylic acids is 1. The molecule has 2 heterocycles. The molecule has 1 aliphatic heterocycles. The molecule has 0 radical (unpaired) electrons. The van der Waals surface area contributed by atoms with Crippen molar-refractivity contribution in [3.05, 3.63) is 11.3 Å². The average Bonchev–Trinajstić information content (AvgIpc) is 2.96. The van der Waals surface area contributed by atoms with Crippen LogP contribution >= 0.6 is 11.5 Å². The smallest absolute Gasteiger partial charge is 0.340 e. The van der Waals surface area contributed by atoms with Crippen LogP contribution in [0.15, 0.2) is 0 Å². The summed E-state index contributed by atoms with van der Waals surface area (Å²) in [4.78, 5) is 23.8. The summed E-state index contributed by atoms with van der Waals surface area (Å²) in [7, 11) is 0. The van der Waals surface area contributed by atoms with E-state index in [0.717, 1.165) is 24.5 Å². The Bertz CT molecular complexity index is 533. The van der Waals surface area contributed by atoms with Gasteiger partial charge in [0.1, 0.15) is 10.6 Å². The Morgan fingerprint density at radius 3 is 2.70 bits per heavy atom. The Labute approximate surface area is 121 Å². The molecule has 0 spiro atoms. The second-order valence-electron chi connectivity index (χ2n) is 5.47. The van der Waals surface area contributed by atoms with E-state index in [-0.39, 0.29) is 17.4 Å². The molecular weight excluding hydrogens is 278 g/mol. The zero-order chi connectivity index (χ0) is 14.9. The standard InChI is InChI=1S/C13H19N3O3S/c1-7(2)13(4-5-14-6-13)12(19)15-10-9(11(17)18)8(3)16-20-10/h7,14H,4-6H2,1-3H3,(H,15,19)(H,17,18). The lowest BCUT2D eigenvalue weighted by molar-refractivity contribution is -0.126. The summed E-state index contributed by atoms with van der Waals surface area (Å²) < 4.78 is 4.02. The summed E-state index contributed by atoms with van der Waals surface area (Å²) in [6.45, 7) is 7.09. The molecule has 0 saturated carbocycles. The van der Waals surface area contributed by atoms with Gasteiger partial charge in [-0.3, -0.25) is 4.79 Å². The number of aromatic nitrogens is 1. The summed E-state index contributed by atoms with van der Waals surface area (Å²) in [5, 5.41) is 15.5. The molecule has 20 heavy (non-hydrogen) atoms. The van der Waals surface area contributed by atoms with Crippen LogP contribution in [0.4, 0.5) is 5.00 Å². The number of nitrogens with one attached hydrogen (secondary N) is 2. The number of carbonyl (C=O) groups is 2. The highest BCUT2D eigenvalue weighted by Crippen LogP contribution is 2.36. The molecule has 1 aromatic heterocycles. The van der Waals surface area contributed by atoms with Crippen LogP contribution in [0.25, 0.3) is 0 Å². The maximum Gasteiger partial charge on any atom is 0.340 e. The highest BCUT2D eigenvalue weighted by Gasteiger charge is 2.44. The molecule has 110 valence electrons. The van der Waals surface area contributed by atoms with Gasteiger partial charge < -0.3 is 15.7 Å². The molecule has 6 nitrogen and oxygen atoms in total. The third-order valence-electron chi connectivity index (χ3n) is 4.05. The van der Waals surface area contributed by atoms with E-state index in [4.69, 9.17) is 0 Å². The topological polar surface area (TPSA) is 91.3 Å². The van der Waals surface area contributed by atoms with Crippen LogP contribution < -0.4 is 10.6 Å². The fraction of sp³-hybridized carbons (Fsp3) is 0.615. The maximum absolute atomic E-state index is 12.6. The van der Waals surface area contributed by atoms with Crippen LogP contribution in [0.5, 0.6) is 0 Å². The lowest BCUT2D eigenvalue weighted by Gasteiger charge is -2.30. The molecular formula is C13H19N3O3S. The number of amides is 1. The Morgan fingerprint density at radius 2 is 2.20 bits per heavy atom. The van der Waals surface area contributed by atoms with Crippen molar-refractivity contribution in [1.29, 1.82) is 0 Å². The molecule has 0 aliphatic carbocycles. The van der Waals surface area contributed by atoms with Gasteiger partial charge in [-0.15, -0.1) is 0 Å². The molecule has 0 bridgehead atoms. The zero-order valence-corrected chi connectivity index (χ0v) is 12.6. The molecule has 3 N–H and O–H groups in total. The summed E-state index contributed by atoms with van der Waals surface area (Å²) in [6.07, 6.45) is 0.761. The minimum absolute atomic E-state index is 0.0909. The normalized spacial score (nSPS) is 22.2. The third-order valence-corrected chi connectivity index (χ3v) is 4.90. The second kappa shape index (κ2) is 5.49. The van der Waals surface area contributed by atoms with Gasteiger partial charge in [0.05, 0.1) is 11.1 Å². The average molecular weight is 297 g/mol. The molecule has 2 rings (SSSR count). The Hall–Kier alpha value is -1.47. The lowest BCUT2D eigenvalue weighted by Crippen LogP contribution is -2.42. The predicted molar refractivity (Wildman–Crippen MR) is 77.2 cm³/mol. The highest BCUT2D eigenvalue weighted by atomic mass is 32.1. The van der Waals surface area contributed by atoms with Crippen molar-refractivity contribution in [3.8, 4) is 0 Å². The Kier molecular flexibility index (Phi) is 4.10. The highest BCUT2D eigenvalue weighted by molar-refractivity contribution is 7.11. The minimum atomic E-state index is -1.06. The van der Waals surface area contributed by atoms with Gasteiger partial charge in [-0.05, 0) is 37.3 Å². The van der Waals surface area contributed by atoms with Crippen LogP contribution in [0, 0.1) is 18.3 Å². The van der Waals surface area contributed by atoms with Crippen molar-refractivity contribution >= 4 is 28.4 Å². The van der Waals surface area contributed by atoms with Crippen LogP contribution in [0.2, 0.25) is 0 Å². The van der Waals surface area contributed by atoms with Gasteiger partial charge in [0.2, 0.25) is 5.91 Å². The van der Waals surface area contributed by atoms with E-state index >= 15 is 0 Å². The number of anilines is 1. The number of hydrogen-bond donors (Lipinski definition) is 3. The number of carboxylic acid groups (broad SMARTS) is 1. The molecule has 1 atom stereocenters. The van der Waals surface area contributed by atoms with Crippen LogP contribution in [0.1, 0.15) is 36.3 Å². The van der Waals surface area contributed by atoms with Gasteiger partial charge in [-0.25, -0.2) is 4.79 Å². The summed E-state index contributed by atoms with van der Waals surface area (Å²) in [6, 6.07) is 0. The molecule has 1 aromatic rings. The van der Waals surface area contributed by atoms with E-state index in [1.165, 1.54) is 0 Å². The van der Waals surface area contributed by atoms with Crippen molar-refractivity contribution in [3.63, 3.8) is 0 Å². The number of carboxylic acids is 1. The Morgan fingerprint density at radius 1 is 1.50 bits per heavy atom. The molecule has 7 heteroatoms. The van der Waals surface area contributed by atoms with E-state index in [1.807, 2.05) is 13.8 Å². The maximum atomic E-state index is 12.6. The van der Waals surface area contributed by atoms with Crippen LogP contribution in [-0.2, 0) is 4.79 Å². The van der Waals surface area contributed by atoms with Crippen molar-refractivity contribution in [2.75, 3.05) is 18.4 Å². The molecule has 1 unspecified atom stereocenters. The van der Waals surface area contributed by atoms with Gasteiger partial charge in [-0.2, -0.15) is 4.37 Å². The predicted octanol–water partition coefficient (Wildman–Crippen LogP) is 1.72. The Balaban J connectivity index is 2.26. The monoisotopic (exact) mass is 297 g/mol. The summed E-state index contributed by atoms with van der Waals surface area (Å²) >= 11 is 1.02. The van der Waals surface area contributed by atoms with E-state index in [9.17, 15) is 14.7 Å². The van der Waals surface area contributed by atoms with Crippen LogP contribution in [-0.4, -0.2) is 34.4 Å². The van der Waals surface area contributed by atoms with E-state index in [2.05, 4.69) is 15.0 Å². The van der Waals surface area contributed by atoms with E-state index < -0.39 is 11.4 Å². The number of aryl methyl sites for hydroxylation is 1. The fourth-order valence-electron chi connectivity index (χ4n) is 2.59. The van der Waals surface area contributed by atoms with Crippen molar-refractivity contribution in [2.45, 2.75) is 27.2 Å². The molecule has 1 fully saturated rings.